The van der Waals surface area contributed by atoms with E-state index in [4.69, 9.17) is 4.74 Å². The van der Waals surface area contributed by atoms with Gasteiger partial charge in [-0.2, -0.15) is 0 Å². The number of carbonyl (C=O) groups excluding carboxylic acids is 1. The van der Waals surface area contributed by atoms with Crippen LogP contribution in [0.25, 0.3) is 0 Å². The number of hydrogen-bond donors (Lipinski definition) is 2. The van der Waals surface area contributed by atoms with Crippen LogP contribution in [0.5, 0.6) is 5.75 Å². The van der Waals surface area contributed by atoms with E-state index in [0.29, 0.717) is 12.5 Å². The molecule has 5 nitrogen and oxygen atoms in total. The van der Waals surface area contributed by atoms with Crippen molar-refractivity contribution in [3.05, 3.63) is 59.2 Å². The Balaban J connectivity index is 1.66. The first-order chi connectivity index (χ1) is 13.1. The molecule has 0 radical (unpaired) electrons. The fraction of sp³-hybridized carbons (Fsp3) is 0.409. The number of nitrogens with one attached hydrogen (secondary N) is 2. The molecule has 5 heteroatoms. The lowest BCUT2D eigenvalue weighted by Crippen LogP contribution is -2.33. The normalized spacial score (nSPS) is 23.1. The Morgan fingerprint density at radius 2 is 1.93 bits per heavy atom. The summed E-state index contributed by atoms with van der Waals surface area (Å²) in [6, 6.07) is 15.0. The molecule has 27 heavy (non-hydrogen) atoms. The van der Waals surface area contributed by atoms with E-state index in [0.717, 1.165) is 30.0 Å². The largest absolute Gasteiger partial charge is 0.494 e. The van der Waals surface area contributed by atoms with Gasteiger partial charge in [0.05, 0.1) is 12.6 Å². The molecule has 3 atom stereocenters. The van der Waals surface area contributed by atoms with Crippen LogP contribution in [0, 0.1) is 5.92 Å². The highest BCUT2D eigenvalue weighted by Gasteiger charge is 2.40. The Kier molecular flexibility index (Phi) is 4.79. The molecule has 2 aromatic rings. The average Bonchev–Trinajstić information content (AvgIpc) is 3.17. The Bertz CT molecular complexity index is 832. The number of amides is 1. The van der Waals surface area contributed by atoms with Gasteiger partial charge < -0.3 is 20.3 Å². The van der Waals surface area contributed by atoms with E-state index in [1.165, 1.54) is 11.1 Å². The molecule has 0 spiro atoms. The van der Waals surface area contributed by atoms with Crippen LogP contribution in [-0.4, -0.2) is 38.1 Å². The van der Waals surface area contributed by atoms with Crippen LogP contribution < -0.4 is 15.4 Å². The summed E-state index contributed by atoms with van der Waals surface area (Å²) in [5, 5.41) is 7.38. The summed E-state index contributed by atoms with van der Waals surface area (Å²) in [4.78, 5) is 14.0. The molecule has 1 saturated heterocycles. The first-order valence-corrected chi connectivity index (χ1v) is 9.66. The summed E-state index contributed by atoms with van der Waals surface area (Å²) < 4.78 is 5.58. The second-order valence-electron chi connectivity index (χ2n) is 7.51. The monoisotopic (exact) mass is 365 g/mol. The number of anilines is 1. The van der Waals surface area contributed by atoms with Gasteiger partial charge in [0.2, 0.25) is 0 Å². The van der Waals surface area contributed by atoms with E-state index in [9.17, 15) is 4.79 Å². The predicted octanol–water partition coefficient (Wildman–Crippen LogP) is 3.60. The van der Waals surface area contributed by atoms with Crippen molar-refractivity contribution in [3.63, 3.8) is 0 Å². The summed E-state index contributed by atoms with van der Waals surface area (Å²) in [5.74, 6) is 1.41. The highest BCUT2D eigenvalue weighted by atomic mass is 16.5. The summed E-state index contributed by atoms with van der Waals surface area (Å²) in [7, 11) is 3.58. The van der Waals surface area contributed by atoms with Crippen molar-refractivity contribution in [1.82, 2.24) is 10.2 Å². The number of benzene rings is 2. The SMILES string of the molecule is CCOc1ccc(C2Nc3ccc(C(=O)N(C)C)cc3[C@H]3NCC[C@@H]23)cc1. The van der Waals surface area contributed by atoms with Crippen LogP contribution in [0.15, 0.2) is 42.5 Å². The standard InChI is InChI=1S/C22H27N3O2/c1-4-27-16-8-5-14(6-9-16)20-17-11-12-23-21(17)18-13-15(22(26)25(2)3)7-10-19(18)24-20/h5-10,13,17,20-21,23-24H,4,11-12H2,1-3H3/t17-,20?,21-/m0/s1. The maximum absolute atomic E-state index is 12.4. The molecule has 0 aliphatic carbocycles. The van der Waals surface area contributed by atoms with Gasteiger partial charge in [-0.15, -0.1) is 0 Å². The van der Waals surface area contributed by atoms with Gasteiger partial charge in [-0.05, 0) is 61.3 Å². The molecular formula is C22H27N3O2. The van der Waals surface area contributed by atoms with Crippen molar-refractivity contribution >= 4 is 11.6 Å². The van der Waals surface area contributed by atoms with Crippen molar-refractivity contribution in [2.45, 2.75) is 25.4 Å². The quantitative estimate of drug-likeness (QED) is 0.869. The van der Waals surface area contributed by atoms with Crippen LogP contribution in [0.4, 0.5) is 5.69 Å². The first kappa shape index (κ1) is 17.9. The van der Waals surface area contributed by atoms with Gasteiger partial charge in [-0.1, -0.05) is 12.1 Å². The maximum atomic E-state index is 12.4. The fourth-order valence-corrected chi connectivity index (χ4v) is 4.31. The van der Waals surface area contributed by atoms with Crippen molar-refractivity contribution in [1.29, 1.82) is 0 Å². The molecule has 4 rings (SSSR count). The number of fused-ring (bicyclic) bond motifs is 3. The second kappa shape index (κ2) is 7.24. The third-order valence-corrected chi connectivity index (χ3v) is 5.60. The Hall–Kier alpha value is -2.53. The summed E-state index contributed by atoms with van der Waals surface area (Å²) in [6.07, 6.45) is 1.11. The van der Waals surface area contributed by atoms with E-state index in [2.05, 4.69) is 28.8 Å². The van der Waals surface area contributed by atoms with Gasteiger partial charge >= 0.3 is 0 Å². The summed E-state index contributed by atoms with van der Waals surface area (Å²) >= 11 is 0. The molecule has 0 bridgehead atoms. The van der Waals surface area contributed by atoms with Crippen molar-refractivity contribution in [2.75, 3.05) is 32.6 Å². The minimum Gasteiger partial charge on any atom is -0.494 e. The average molecular weight is 365 g/mol. The van der Waals surface area contributed by atoms with Gasteiger partial charge in [0.1, 0.15) is 5.75 Å². The highest BCUT2D eigenvalue weighted by Crippen LogP contribution is 2.47. The predicted molar refractivity (Wildman–Crippen MR) is 107 cm³/mol. The van der Waals surface area contributed by atoms with Crippen LogP contribution in [0.1, 0.15) is 46.9 Å². The highest BCUT2D eigenvalue weighted by molar-refractivity contribution is 5.94. The smallest absolute Gasteiger partial charge is 0.253 e. The van der Waals surface area contributed by atoms with Gasteiger partial charge in [0.15, 0.2) is 0 Å². The Labute approximate surface area is 160 Å². The molecular weight excluding hydrogens is 338 g/mol. The molecule has 2 aliphatic heterocycles. The zero-order valence-corrected chi connectivity index (χ0v) is 16.2. The molecule has 1 unspecified atom stereocenters. The third kappa shape index (κ3) is 3.28. The van der Waals surface area contributed by atoms with Crippen LogP contribution in [0.3, 0.4) is 0 Å². The van der Waals surface area contributed by atoms with E-state index >= 15 is 0 Å². The topological polar surface area (TPSA) is 53.6 Å². The molecule has 2 N–H and O–H groups in total. The number of nitrogens with zero attached hydrogens (tertiary/aromatic N) is 1. The van der Waals surface area contributed by atoms with E-state index in [1.807, 2.05) is 31.2 Å². The number of hydrogen-bond acceptors (Lipinski definition) is 4. The molecule has 0 saturated carbocycles. The maximum Gasteiger partial charge on any atom is 0.253 e. The summed E-state index contributed by atoms with van der Waals surface area (Å²) in [6.45, 7) is 3.67. The lowest BCUT2D eigenvalue weighted by Gasteiger charge is -2.37. The van der Waals surface area contributed by atoms with Gasteiger partial charge in [0, 0.05) is 37.3 Å². The fourth-order valence-electron chi connectivity index (χ4n) is 4.31. The number of ether oxygens (including phenoxy) is 1. The Morgan fingerprint density at radius 1 is 1.15 bits per heavy atom. The lowest BCUT2D eigenvalue weighted by atomic mass is 9.80. The molecule has 1 fully saturated rings. The lowest BCUT2D eigenvalue weighted by molar-refractivity contribution is 0.0827. The van der Waals surface area contributed by atoms with Crippen molar-refractivity contribution in [3.8, 4) is 5.75 Å². The molecule has 2 heterocycles. The van der Waals surface area contributed by atoms with Crippen LogP contribution in [-0.2, 0) is 0 Å². The minimum atomic E-state index is 0.0426. The van der Waals surface area contributed by atoms with Gasteiger partial charge in [-0.25, -0.2) is 0 Å². The first-order valence-electron chi connectivity index (χ1n) is 9.66. The summed E-state index contributed by atoms with van der Waals surface area (Å²) in [5.41, 5.74) is 4.33. The van der Waals surface area contributed by atoms with Crippen LogP contribution >= 0.6 is 0 Å². The van der Waals surface area contributed by atoms with Gasteiger partial charge in [0.25, 0.3) is 5.91 Å². The van der Waals surface area contributed by atoms with E-state index in [-0.39, 0.29) is 18.0 Å². The van der Waals surface area contributed by atoms with Gasteiger partial charge in [-0.3, -0.25) is 4.79 Å². The zero-order valence-electron chi connectivity index (χ0n) is 16.2. The van der Waals surface area contributed by atoms with Crippen LogP contribution in [0.2, 0.25) is 0 Å². The molecule has 0 aromatic heterocycles. The number of carbonyl (C=O) groups is 1. The molecule has 1 amide bonds. The minimum absolute atomic E-state index is 0.0426. The number of rotatable bonds is 4. The second-order valence-corrected chi connectivity index (χ2v) is 7.51. The van der Waals surface area contributed by atoms with E-state index in [1.54, 1.807) is 19.0 Å². The molecule has 2 aromatic carbocycles. The third-order valence-electron chi connectivity index (χ3n) is 5.60. The van der Waals surface area contributed by atoms with E-state index < -0.39 is 0 Å². The van der Waals surface area contributed by atoms with Crippen molar-refractivity contribution in [2.24, 2.45) is 5.92 Å². The zero-order chi connectivity index (χ0) is 19.0. The molecule has 142 valence electrons. The molecule has 2 aliphatic rings. The Morgan fingerprint density at radius 3 is 2.63 bits per heavy atom. The van der Waals surface area contributed by atoms with Crippen molar-refractivity contribution < 1.29 is 9.53 Å².